The van der Waals surface area contributed by atoms with Crippen LogP contribution in [0.15, 0.2) is 304 Å². The minimum absolute atomic E-state index is 0.419. The summed E-state index contributed by atoms with van der Waals surface area (Å²) in [4.78, 5) is 43.1. The van der Waals surface area contributed by atoms with Crippen LogP contribution < -0.4 is 0 Å². The number of nitrogens with zero attached hydrogens (tertiary/aromatic N) is 12. The van der Waals surface area contributed by atoms with Gasteiger partial charge < -0.3 is 18.3 Å². The monoisotopic (exact) mass is 1200 g/mol. The Morgan fingerprint density at radius 1 is 0.202 bits per heavy atom. The zero-order valence-electron chi connectivity index (χ0n) is 50.2. The molecule has 0 N–H and O–H groups in total. The highest BCUT2D eigenvalue weighted by molar-refractivity contribution is 6.18. The van der Waals surface area contributed by atoms with E-state index in [-0.39, 0.29) is 0 Å². The molecular formula is C82H50N12. The van der Waals surface area contributed by atoms with Crippen LogP contribution in [0.5, 0.6) is 0 Å². The highest BCUT2D eigenvalue weighted by Gasteiger charge is 2.37. The number of hydrogen-bond acceptors (Lipinski definition) is 8. The maximum atomic E-state index is 5.94. The molecule has 0 fully saturated rings. The number of pyridine rings is 5. The summed E-state index contributed by atoms with van der Waals surface area (Å²) in [5.74, 6) is 1.41. The fraction of sp³-hybridized carbons (Fsp3) is 0. The average molecular weight is 1200 g/mol. The average Bonchev–Trinajstić information content (AvgIpc) is 1.39. The van der Waals surface area contributed by atoms with Crippen LogP contribution in [0.4, 0.5) is 0 Å². The van der Waals surface area contributed by atoms with Gasteiger partial charge in [0, 0.05) is 95.7 Å². The summed E-state index contributed by atoms with van der Waals surface area (Å²) in [5, 5.41) is 8.27. The summed E-state index contributed by atoms with van der Waals surface area (Å²) in [6.45, 7) is 0. The van der Waals surface area contributed by atoms with Gasteiger partial charge in [0.1, 0.15) is 0 Å². The van der Waals surface area contributed by atoms with Gasteiger partial charge in [-0.3, -0.25) is 19.9 Å². The molecule has 0 bridgehead atoms. The Kier molecular flexibility index (Phi) is 12.0. The Morgan fingerprint density at radius 3 is 0.830 bits per heavy atom. The number of fused-ring (bicyclic) bond motifs is 12. The molecule has 0 amide bonds. The Balaban J connectivity index is 1.19. The van der Waals surface area contributed by atoms with Gasteiger partial charge in [-0.1, -0.05) is 194 Å². The molecule has 94 heavy (non-hydrogen) atoms. The zero-order chi connectivity index (χ0) is 61.8. The van der Waals surface area contributed by atoms with E-state index in [1.807, 2.05) is 86.0 Å². The number of benzene rings is 9. The minimum Gasteiger partial charge on any atom is -0.305 e. The van der Waals surface area contributed by atoms with E-state index in [0.717, 1.165) is 155 Å². The zero-order valence-corrected chi connectivity index (χ0v) is 50.2. The van der Waals surface area contributed by atoms with Gasteiger partial charge in [-0.2, -0.15) is 0 Å². The predicted octanol–water partition coefficient (Wildman–Crippen LogP) is 19.2. The van der Waals surface area contributed by atoms with Crippen molar-refractivity contribution in [3.8, 4) is 90.6 Å². The molecule has 0 unspecified atom stereocenters. The summed E-state index contributed by atoms with van der Waals surface area (Å²) in [6, 6.07) is 89.3. The Hall–Kier alpha value is -13.1. The highest BCUT2D eigenvalue weighted by atomic mass is 15.2. The van der Waals surface area contributed by atoms with Crippen molar-refractivity contribution in [2.24, 2.45) is 0 Å². The number of aromatic nitrogens is 12. The maximum Gasteiger partial charge on any atom is 0.166 e. The molecule has 438 valence electrons. The first-order valence-corrected chi connectivity index (χ1v) is 31.3. The molecule has 9 aromatic carbocycles. The van der Waals surface area contributed by atoms with E-state index in [0.29, 0.717) is 23.0 Å². The summed E-state index contributed by atoms with van der Waals surface area (Å²) < 4.78 is 9.75. The lowest BCUT2D eigenvalue weighted by molar-refractivity contribution is 1.01. The quantitative estimate of drug-likeness (QED) is 0.133. The van der Waals surface area contributed by atoms with E-state index < -0.39 is 0 Å². The first-order chi connectivity index (χ1) is 46.7. The molecule has 12 heteroatoms. The fourth-order valence-electron chi connectivity index (χ4n) is 14.4. The summed E-state index contributed by atoms with van der Waals surface area (Å²) >= 11 is 0. The van der Waals surface area contributed by atoms with Crippen LogP contribution in [0.2, 0.25) is 0 Å². The number of para-hydroxylation sites is 4. The first kappa shape index (κ1) is 52.8. The van der Waals surface area contributed by atoms with Gasteiger partial charge in [0.25, 0.3) is 0 Å². The number of rotatable bonds is 10. The Morgan fingerprint density at radius 2 is 0.479 bits per heavy atom. The van der Waals surface area contributed by atoms with Gasteiger partial charge in [-0.15, -0.1) is 0 Å². The molecule has 0 saturated carbocycles. The van der Waals surface area contributed by atoms with Crippen molar-refractivity contribution in [2.45, 2.75) is 0 Å². The van der Waals surface area contributed by atoms with E-state index in [4.69, 9.17) is 39.9 Å². The predicted molar refractivity (Wildman–Crippen MR) is 379 cm³/mol. The van der Waals surface area contributed by atoms with E-state index >= 15 is 0 Å². The van der Waals surface area contributed by atoms with Crippen LogP contribution >= 0.6 is 0 Å². The van der Waals surface area contributed by atoms with E-state index in [1.54, 1.807) is 0 Å². The van der Waals surface area contributed by atoms with Gasteiger partial charge in [-0.25, -0.2) is 19.9 Å². The standard InChI is InChI=1S/C82H50N12/c1-5-21-51(22-6-1)64-45-55(46-65(87-64)52-23-7-2-8-24-52)74-75(82-89-80(53-25-9-3-10-26-53)88-81(90-82)54-27-11-4-12-28-54)77(92-67-34-18-14-30-57(67)61-38-42-84-48-71(61)92)79(94-69-36-20-16-32-59(69)63-40-44-86-50-73(63)94)78(93-68-35-19-15-31-58(68)62-39-43-85-49-72(62)93)76(74)91-66-33-17-13-29-56(66)60-37-41-83-47-70(60)91/h1-50H. The van der Waals surface area contributed by atoms with Crippen molar-refractivity contribution in [3.63, 3.8) is 0 Å². The first-order valence-electron chi connectivity index (χ1n) is 31.3. The van der Waals surface area contributed by atoms with Crippen molar-refractivity contribution in [2.75, 3.05) is 0 Å². The minimum atomic E-state index is 0.419. The van der Waals surface area contributed by atoms with Crippen molar-refractivity contribution in [3.05, 3.63) is 304 Å². The van der Waals surface area contributed by atoms with E-state index in [1.165, 1.54) is 0 Å². The SMILES string of the molecule is c1ccc(-c2cc(-c3c(-c4nc(-c5ccccc5)nc(-c5ccccc5)n4)c(-n4c5ccccc5c5ccncc54)c(-n4c5ccccc5c5ccncc54)c(-n4c5ccccc5c5ccncc54)c3-n3c4ccccc4c4ccncc43)cc(-c3ccccc3)n2)cc1. The van der Waals surface area contributed by atoms with Crippen LogP contribution in [0.1, 0.15) is 0 Å². The lowest BCUT2D eigenvalue weighted by Crippen LogP contribution is -2.17. The lowest BCUT2D eigenvalue weighted by Gasteiger charge is -2.31. The van der Waals surface area contributed by atoms with Crippen molar-refractivity contribution in [1.29, 1.82) is 0 Å². The maximum absolute atomic E-state index is 5.94. The third-order valence-electron chi connectivity index (χ3n) is 18.4. The second-order valence-electron chi connectivity index (χ2n) is 23.5. The Labute approximate surface area is 537 Å². The van der Waals surface area contributed by atoms with Crippen LogP contribution in [-0.2, 0) is 0 Å². The third kappa shape index (κ3) is 8.12. The van der Waals surface area contributed by atoms with Gasteiger partial charge >= 0.3 is 0 Å². The van der Waals surface area contributed by atoms with Crippen LogP contribution in [0.25, 0.3) is 178 Å². The van der Waals surface area contributed by atoms with Crippen LogP contribution in [-0.4, -0.2) is 58.1 Å². The molecule has 0 saturated heterocycles. The number of hydrogen-bond donors (Lipinski definition) is 0. The molecule has 0 atom stereocenters. The molecule has 0 aliphatic heterocycles. The van der Waals surface area contributed by atoms with E-state index in [9.17, 15) is 0 Å². The fourth-order valence-corrected chi connectivity index (χ4v) is 14.4. The van der Waals surface area contributed by atoms with Crippen LogP contribution in [0.3, 0.4) is 0 Å². The molecule has 0 radical (unpaired) electrons. The summed E-state index contributed by atoms with van der Waals surface area (Å²) in [7, 11) is 0. The second-order valence-corrected chi connectivity index (χ2v) is 23.5. The van der Waals surface area contributed by atoms with Crippen molar-refractivity contribution < 1.29 is 0 Å². The highest BCUT2D eigenvalue weighted by Crippen LogP contribution is 2.55. The molecule has 12 nitrogen and oxygen atoms in total. The molecule has 0 aliphatic rings. The molecular weight excluding hydrogens is 1150 g/mol. The van der Waals surface area contributed by atoms with Crippen molar-refractivity contribution >= 4 is 87.2 Å². The molecule has 0 spiro atoms. The molecule has 19 aromatic rings. The molecule has 10 heterocycles. The van der Waals surface area contributed by atoms with E-state index in [2.05, 4.69) is 237 Å². The van der Waals surface area contributed by atoms with Gasteiger partial charge in [-0.05, 0) is 66.2 Å². The lowest BCUT2D eigenvalue weighted by atomic mass is 9.90. The second kappa shape index (κ2) is 21.3. The normalized spacial score (nSPS) is 11.8. The molecule has 0 aliphatic carbocycles. The Bertz CT molecular complexity index is 5520. The molecule has 10 aromatic heterocycles. The topological polar surface area (TPSA) is 123 Å². The summed E-state index contributed by atoms with van der Waals surface area (Å²) in [5.41, 5.74) is 17.9. The summed E-state index contributed by atoms with van der Waals surface area (Å²) in [6.07, 6.45) is 15.6. The largest absolute Gasteiger partial charge is 0.305 e. The van der Waals surface area contributed by atoms with Gasteiger partial charge in [0.15, 0.2) is 17.5 Å². The van der Waals surface area contributed by atoms with Crippen LogP contribution in [0, 0.1) is 0 Å². The van der Waals surface area contributed by atoms with Crippen molar-refractivity contribution in [1.82, 2.24) is 58.1 Å². The third-order valence-corrected chi connectivity index (χ3v) is 18.4. The smallest absolute Gasteiger partial charge is 0.166 e. The molecule has 19 rings (SSSR count). The van der Waals surface area contributed by atoms with Gasteiger partial charge in [0.05, 0.1) is 109 Å². The van der Waals surface area contributed by atoms with Gasteiger partial charge in [0.2, 0.25) is 0 Å².